The monoisotopic (exact) mass is 423 g/mol. The first kappa shape index (κ1) is 22.8. The van der Waals surface area contributed by atoms with Crippen molar-refractivity contribution in [1.82, 2.24) is 4.90 Å². The van der Waals surface area contributed by atoms with Crippen molar-refractivity contribution in [2.45, 2.75) is 29.5 Å². The lowest BCUT2D eigenvalue weighted by molar-refractivity contribution is -0.137. The molecule has 156 valence electrons. The molecule has 2 rings (SSSR count). The Kier molecular flexibility index (Phi) is 7.00. The largest absolute Gasteiger partial charge is 0.416 e. The van der Waals surface area contributed by atoms with Gasteiger partial charge in [0.25, 0.3) is 0 Å². The molecule has 0 aliphatic rings. The molecule has 0 aliphatic carbocycles. The van der Waals surface area contributed by atoms with Gasteiger partial charge in [-0.3, -0.25) is 0 Å². The zero-order chi connectivity index (χ0) is 21.8. The van der Waals surface area contributed by atoms with Crippen molar-refractivity contribution >= 4 is 24.0 Å². The number of carbonyl (C=O) groups is 1. The quantitative estimate of drug-likeness (QED) is 0.322. The van der Waals surface area contributed by atoms with E-state index in [2.05, 4.69) is 4.99 Å². The SMILES string of the molecule is CSc1cccc(C(C)(N=C(N)N(C)C)C(C=O)c2ccc(C(F)(F)F)cc2)c1. The number of rotatable bonds is 6. The summed E-state index contributed by atoms with van der Waals surface area (Å²) in [7, 11) is 3.46. The van der Waals surface area contributed by atoms with Gasteiger partial charge in [-0.1, -0.05) is 24.3 Å². The number of alkyl halides is 3. The molecule has 2 N–H and O–H groups in total. The lowest BCUT2D eigenvalue weighted by atomic mass is 9.77. The van der Waals surface area contributed by atoms with Crippen LogP contribution in [-0.2, 0) is 16.5 Å². The molecule has 0 spiro atoms. The highest BCUT2D eigenvalue weighted by atomic mass is 32.2. The number of halogens is 3. The molecule has 0 aromatic heterocycles. The molecule has 2 unspecified atom stereocenters. The predicted octanol–water partition coefficient (Wildman–Crippen LogP) is 4.50. The number of thioether (sulfide) groups is 1. The van der Waals surface area contributed by atoms with E-state index in [1.165, 1.54) is 12.1 Å². The van der Waals surface area contributed by atoms with Gasteiger partial charge in [0.05, 0.1) is 11.5 Å². The Hall–Kier alpha value is -2.48. The summed E-state index contributed by atoms with van der Waals surface area (Å²) in [4.78, 5) is 19.4. The van der Waals surface area contributed by atoms with Gasteiger partial charge in [-0.05, 0) is 48.6 Å². The number of hydrogen-bond donors (Lipinski definition) is 1. The standard InChI is InChI=1S/C21H24F3N3OS/c1-20(26-19(25)27(2)3,16-6-5-7-17(12-16)29-4)18(13-28)14-8-10-15(11-9-14)21(22,23)24/h5-13,18H,1-4H3,(H2,25,26). The van der Waals surface area contributed by atoms with Crippen molar-refractivity contribution in [3.05, 3.63) is 65.2 Å². The van der Waals surface area contributed by atoms with Crippen molar-refractivity contribution < 1.29 is 18.0 Å². The predicted molar refractivity (Wildman–Crippen MR) is 111 cm³/mol. The van der Waals surface area contributed by atoms with E-state index in [9.17, 15) is 18.0 Å². The van der Waals surface area contributed by atoms with Crippen LogP contribution in [0.15, 0.2) is 58.4 Å². The molecular weight excluding hydrogens is 399 g/mol. The zero-order valence-electron chi connectivity index (χ0n) is 16.7. The van der Waals surface area contributed by atoms with Crippen LogP contribution in [0.25, 0.3) is 0 Å². The Balaban J connectivity index is 2.64. The number of guanidine groups is 1. The lowest BCUT2D eigenvalue weighted by Gasteiger charge is -2.33. The van der Waals surface area contributed by atoms with E-state index in [-0.39, 0.29) is 5.96 Å². The second kappa shape index (κ2) is 8.90. The first-order valence-electron chi connectivity index (χ1n) is 8.82. The minimum atomic E-state index is -4.45. The van der Waals surface area contributed by atoms with Crippen molar-refractivity contribution in [1.29, 1.82) is 0 Å². The maximum absolute atomic E-state index is 12.9. The molecule has 0 bridgehead atoms. The van der Waals surface area contributed by atoms with Gasteiger partial charge < -0.3 is 15.4 Å². The van der Waals surface area contributed by atoms with Gasteiger partial charge in [-0.25, -0.2) is 4.99 Å². The van der Waals surface area contributed by atoms with E-state index in [4.69, 9.17) is 5.73 Å². The van der Waals surface area contributed by atoms with E-state index in [0.717, 1.165) is 22.6 Å². The van der Waals surface area contributed by atoms with Gasteiger partial charge in [-0.2, -0.15) is 13.2 Å². The number of aldehydes is 1. The van der Waals surface area contributed by atoms with Crippen LogP contribution >= 0.6 is 11.8 Å². The van der Waals surface area contributed by atoms with E-state index in [1.54, 1.807) is 37.7 Å². The Morgan fingerprint density at radius 1 is 1.14 bits per heavy atom. The fourth-order valence-corrected chi connectivity index (χ4v) is 3.46. The van der Waals surface area contributed by atoms with Crippen molar-refractivity contribution in [2.24, 2.45) is 10.7 Å². The molecule has 2 aromatic rings. The molecular formula is C21H24F3N3OS. The van der Waals surface area contributed by atoms with Gasteiger partial charge in [-0.15, -0.1) is 11.8 Å². The molecule has 0 aliphatic heterocycles. The van der Waals surface area contributed by atoms with E-state index in [0.29, 0.717) is 11.8 Å². The highest BCUT2D eigenvalue weighted by Crippen LogP contribution is 2.41. The third-order valence-electron chi connectivity index (χ3n) is 4.80. The molecule has 4 nitrogen and oxygen atoms in total. The third-order valence-corrected chi connectivity index (χ3v) is 5.52. The fourth-order valence-electron chi connectivity index (χ4n) is 3.00. The summed E-state index contributed by atoms with van der Waals surface area (Å²) in [5.41, 5.74) is 5.36. The highest BCUT2D eigenvalue weighted by Gasteiger charge is 2.38. The molecule has 29 heavy (non-hydrogen) atoms. The molecule has 0 amide bonds. The molecule has 0 radical (unpaired) electrons. The summed E-state index contributed by atoms with van der Waals surface area (Å²) in [6, 6.07) is 12.1. The number of aliphatic imine (C=N–C) groups is 1. The van der Waals surface area contributed by atoms with Crippen LogP contribution in [0.5, 0.6) is 0 Å². The lowest BCUT2D eigenvalue weighted by Crippen LogP contribution is -2.37. The fraction of sp³-hybridized carbons (Fsp3) is 0.333. The van der Waals surface area contributed by atoms with E-state index >= 15 is 0 Å². The highest BCUT2D eigenvalue weighted by molar-refractivity contribution is 7.98. The van der Waals surface area contributed by atoms with Crippen LogP contribution in [0.1, 0.15) is 29.5 Å². The molecule has 0 fully saturated rings. The smallest absolute Gasteiger partial charge is 0.370 e. The maximum Gasteiger partial charge on any atom is 0.416 e. The van der Waals surface area contributed by atoms with Gasteiger partial charge in [0.2, 0.25) is 0 Å². The van der Waals surface area contributed by atoms with Crippen LogP contribution < -0.4 is 5.73 Å². The number of nitrogens with two attached hydrogens (primary N) is 1. The molecule has 2 atom stereocenters. The van der Waals surface area contributed by atoms with Crippen LogP contribution in [0, 0.1) is 0 Å². The van der Waals surface area contributed by atoms with Crippen molar-refractivity contribution in [3.63, 3.8) is 0 Å². The average molecular weight is 424 g/mol. The molecule has 2 aromatic carbocycles. The van der Waals surface area contributed by atoms with Gasteiger partial charge in [0.15, 0.2) is 5.96 Å². The number of benzene rings is 2. The maximum atomic E-state index is 12.9. The normalized spacial score (nSPS) is 15.5. The van der Waals surface area contributed by atoms with Gasteiger partial charge >= 0.3 is 6.18 Å². The Bertz CT molecular complexity index is 881. The van der Waals surface area contributed by atoms with E-state index in [1.807, 2.05) is 30.5 Å². The Morgan fingerprint density at radius 2 is 1.76 bits per heavy atom. The molecule has 8 heteroatoms. The van der Waals surface area contributed by atoms with Crippen LogP contribution in [0.4, 0.5) is 13.2 Å². The Morgan fingerprint density at radius 3 is 2.24 bits per heavy atom. The third kappa shape index (κ3) is 5.12. The first-order valence-corrected chi connectivity index (χ1v) is 10.0. The number of nitrogens with zero attached hydrogens (tertiary/aromatic N) is 2. The van der Waals surface area contributed by atoms with Crippen LogP contribution in [0.3, 0.4) is 0 Å². The summed E-state index contributed by atoms with van der Waals surface area (Å²) in [5, 5.41) is 0. The topological polar surface area (TPSA) is 58.7 Å². The van der Waals surface area contributed by atoms with Crippen molar-refractivity contribution in [2.75, 3.05) is 20.4 Å². The molecule has 0 heterocycles. The summed E-state index contributed by atoms with van der Waals surface area (Å²) in [6.07, 6.45) is -1.81. The molecule has 0 saturated carbocycles. The summed E-state index contributed by atoms with van der Waals surface area (Å²) >= 11 is 1.54. The summed E-state index contributed by atoms with van der Waals surface area (Å²) in [5.74, 6) is -0.624. The summed E-state index contributed by atoms with van der Waals surface area (Å²) < 4.78 is 38.8. The number of hydrogen-bond acceptors (Lipinski definition) is 3. The zero-order valence-corrected chi connectivity index (χ0v) is 17.5. The minimum absolute atomic E-state index is 0.209. The average Bonchev–Trinajstić information content (AvgIpc) is 2.68. The van der Waals surface area contributed by atoms with Gasteiger partial charge in [0.1, 0.15) is 11.8 Å². The number of carbonyl (C=O) groups excluding carboxylic acids is 1. The van der Waals surface area contributed by atoms with Crippen molar-refractivity contribution in [3.8, 4) is 0 Å². The second-order valence-electron chi connectivity index (χ2n) is 6.98. The summed E-state index contributed by atoms with van der Waals surface area (Å²) in [6.45, 7) is 1.76. The molecule has 0 saturated heterocycles. The van der Waals surface area contributed by atoms with Crippen LogP contribution in [0.2, 0.25) is 0 Å². The van der Waals surface area contributed by atoms with Crippen LogP contribution in [-0.4, -0.2) is 37.5 Å². The first-order chi connectivity index (χ1) is 13.5. The second-order valence-corrected chi connectivity index (χ2v) is 7.86. The van der Waals surface area contributed by atoms with Gasteiger partial charge in [0, 0.05) is 19.0 Å². The Labute approximate surface area is 173 Å². The van der Waals surface area contributed by atoms with E-state index < -0.39 is 23.2 Å². The minimum Gasteiger partial charge on any atom is -0.370 e.